The number of amides is 1. The van der Waals surface area contributed by atoms with Gasteiger partial charge in [-0.3, -0.25) is 4.79 Å². The molecule has 7 heteroatoms. The Hall–Kier alpha value is -1.76. The highest BCUT2D eigenvalue weighted by atomic mass is 19.4. The average Bonchev–Trinajstić information content (AvgIpc) is 2.52. The Balaban J connectivity index is 1.86. The fourth-order valence-corrected chi connectivity index (χ4v) is 2.64. The number of rotatable bonds is 4. The molecule has 0 spiro atoms. The van der Waals surface area contributed by atoms with Crippen LogP contribution in [0.25, 0.3) is 0 Å². The number of carbonyl (C=O) groups is 1. The molecule has 1 amide bonds. The third-order valence-electron chi connectivity index (χ3n) is 4.10. The fourth-order valence-electron chi connectivity index (χ4n) is 2.64. The summed E-state index contributed by atoms with van der Waals surface area (Å²) < 4.78 is 42.7. The van der Waals surface area contributed by atoms with Crippen LogP contribution in [0.2, 0.25) is 0 Å². The van der Waals surface area contributed by atoms with Gasteiger partial charge in [0, 0.05) is 19.1 Å². The maximum atomic E-state index is 12.5. The van der Waals surface area contributed by atoms with Crippen LogP contribution in [0.3, 0.4) is 0 Å². The van der Waals surface area contributed by atoms with Crippen molar-refractivity contribution in [2.45, 2.75) is 32.0 Å². The summed E-state index contributed by atoms with van der Waals surface area (Å²) in [5.41, 5.74) is 5.14. The van der Waals surface area contributed by atoms with Gasteiger partial charge in [0.2, 0.25) is 0 Å². The molecule has 128 valence electrons. The van der Waals surface area contributed by atoms with E-state index in [1.165, 1.54) is 12.1 Å². The summed E-state index contributed by atoms with van der Waals surface area (Å²) in [6, 6.07) is 4.34. The SMILES string of the molecule is CC(N)C1CCCN(C(=O)COc2ccc(C(F)(F)F)cc2)C1. The van der Waals surface area contributed by atoms with Crippen molar-refractivity contribution in [1.82, 2.24) is 4.90 Å². The third-order valence-corrected chi connectivity index (χ3v) is 4.10. The number of likely N-dealkylation sites (tertiary alicyclic amines) is 1. The Labute approximate surface area is 133 Å². The van der Waals surface area contributed by atoms with Crippen molar-refractivity contribution in [3.05, 3.63) is 29.8 Å². The topological polar surface area (TPSA) is 55.6 Å². The second-order valence-corrected chi connectivity index (χ2v) is 5.91. The number of hydrogen-bond donors (Lipinski definition) is 1. The third kappa shape index (κ3) is 4.86. The molecular weight excluding hydrogens is 309 g/mol. The number of ether oxygens (including phenoxy) is 1. The molecule has 1 saturated heterocycles. The Kier molecular flexibility index (Phi) is 5.51. The molecule has 0 radical (unpaired) electrons. The van der Waals surface area contributed by atoms with Crippen molar-refractivity contribution in [1.29, 1.82) is 0 Å². The van der Waals surface area contributed by atoms with Crippen LogP contribution in [-0.4, -0.2) is 36.5 Å². The largest absolute Gasteiger partial charge is 0.484 e. The number of benzene rings is 1. The van der Waals surface area contributed by atoms with Gasteiger partial charge in [0.25, 0.3) is 5.91 Å². The van der Waals surface area contributed by atoms with Crippen LogP contribution in [-0.2, 0) is 11.0 Å². The average molecular weight is 330 g/mol. The molecule has 23 heavy (non-hydrogen) atoms. The Bertz CT molecular complexity index is 529. The molecule has 1 fully saturated rings. The van der Waals surface area contributed by atoms with E-state index < -0.39 is 11.7 Å². The molecule has 0 saturated carbocycles. The number of hydrogen-bond acceptors (Lipinski definition) is 3. The van der Waals surface area contributed by atoms with Gasteiger partial charge in [-0.2, -0.15) is 13.2 Å². The van der Waals surface area contributed by atoms with Crippen LogP contribution in [0.5, 0.6) is 5.75 Å². The van der Waals surface area contributed by atoms with Crippen molar-refractivity contribution < 1.29 is 22.7 Å². The zero-order valence-electron chi connectivity index (χ0n) is 13.0. The second kappa shape index (κ2) is 7.21. The molecule has 0 bridgehead atoms. The van der Waals surface area contributed by atoms with Gasteiger partial charge in [-0.05, 0) is 49.9 Å². The Morgan fingerprint density at radius 2 is 2.04 bits per heavy atom. The normalized spacial score (nSPS) is 20.2. The number of piperidine rings is 1. The van der Waals surface area contributed by atoms with Gasteiger partial charge in [-0.15, -0.1) is 0 Å². The number of alkyl halides is 3. The first-order valence-electron chi connectivity index (χ1n) is 7.61. The van der Waals surface area contributed by atoms with Crippen LogP contribution in [0, 0.1) is 5.92 Å². The predicted molar refractivity (Wildman–Crippen MR) is 79.9 cm³/mol. The van der Waals surface area contributed by atoms with E-state index in [0.717, 1.165) is 25.0 Å². The van der Waals surface area contributed by atoms with E-state index in [-0.39, 0.29) is 30.2 Å². The van der Waals surface area contributed by atoms with Crippen molar-refractivity contribution in [2.75, 3.05) is 19.7 Å². The highest BCUT2D eigenvalue weighted by Crippen LogP contribution is 2.30. The molecular formula is C16H21F3N2O2. The van der Waals surface area contributed by atoms with Crippen LogP contribution >= 0.6 is 0 Å². The molecule has 1 heterocycles. The van der Waals surface area contributed by atoms with Crippen molar-refractivity contribution in [3.63, 3.8) is 0 Å². The van der Waals surface area contributed by atoms with E-state index in [0.29, 0.717) is 13.1 Å². The van der Waals surface area contributed by atoms with Gasteiger partial charge in [0.15, 0.2) is 6.61 Å². The minimum atomic E-state index is -4.38. The second-order valence-electron chi connectivity index (χ2n) is 5.91. The minimum Gasteiger partial charge on any atom is -0.484 e. The van der Waals surface area contributed by atoms with Gasteiger partial charge < -0.3 is 15.4 Å². The van der Waals surface area contributed by atoms with E-state index in [1.54, 1.807) is 4.90 Å². The number of halogens is 3. The van der Waals surface area contributed by atoms with Gasteiger partial charge >= 0.3 is 6.18 Å². The molecule has 2 N–H and O–H groups in total. The first-order chi connectivity index (χ1) is 10.8. The number of nitrogens with two attached hydrogens (primary N) is 1. The van der Waals surface area contributed by atoms with Crippen molar-refractivity contribution >= 4 is 5.91 Å². The lowest BCUT2D eigenvalue weighted by Crippen LogP contribution is -2.46. The molecule has 1 aliphatic rings. The molecule has 4 nitrogen and oxygen atoms in total. The molecule has 1 aliphatic heterocycles. The highest BCUT2D eigenvalue weighted by molar-refractivity contribution is 5.77. The lowest BCUT2D eigenvalue weighted by Gasteiger charge is -2.34. The lowest BCUT2D eigenvalue weighted by molar-refractivity contribution is -0.138. The van der Waals surface area contributed by atoms with Gasteiger partial charge in [0.1, 0.15) is 5.75 Å². The smallest absolute Gasteiger partial charge is 0.416 e. The van der Waals surface area contributed by atoms with Crippen LogP contribution in [0.1, 0.15) is 25.3 Å². The molecule has 0 aliphatic carbocycles. The first kappa shape index (κ1) is 17.6. The van der Waals surface area contributed by atoms with Crippen LogP contribution in [0.15, 0.2) is 24.3 Å². The molecule has 2 unspecified atom stereocenters. The van der Waals surface area contributed by atoms with Gasteiger partial charge in [-0.25, -0.2) is 0 Å². The molecule has 1 aromatic rings. The summed E-state index contributed by atoms with van der Waals surface area (Å²) in [4.78, 5) is 13.9. The van der Waals surface area contributed by atoms with Crippen molar-refractivity contribution in [3.8, 4) is 5.75 Å². The number of nitrogens with zero attached hydrogens (tertiary/aromatic N) is 1. The van der Waals surface area contributed by atoms with Crippen LogP contribution < -0.4 is 10.5 Å². The summed E-state index contributed by atoms with van der Waals surface area (Å²) in [5.74, 6) is 0.348. The monoisotopic (exact) mass is 330 g/mol. The standard InChI is InChI=1S/C16H21F3N2O2/c1-11(20)12-3-2-8-21(9-12)15(22)10-23-14-6-4-13(5-7-14)16(17,18)19/h4-7,11-12H,2-3,8-10,20H2,1H3. The van der Waals surface area contributed by atoms with Crippen molar-refractivity contribution in [2.24, 2.45) is 11.7 Å². The van der Waals surface area contributed by atoms with E-state index in [4.69, 9.17) is 10.5 Å². The van der Waals surface area contributed by atoms with E-state index in [1.807, 2.05) is 6.92 Å². The summed E-state index contributed by atoms with van der Waals surface area (Å²) in [7, 11) is 0. The molecule has 2 rings (SSSR count). The maximum Gasteiger partial charge on any atom is 0.416 e. The zero-order valence-corrected chi connectivity index (χ0v) is 13.0. The molecule has 2 atom stereocenters. The summed E-state index contributed by atoms with van der Waals surface area (Å²) >= 11 is 0. The molecule has 0 aromatic heterocycles. The van der Waals surface area contributed by atoms with E-state index in [9.17, 15) is 18.0 Å². The summed E-state index contributed by atoms with van der Waals surface area (Å²) in [5, 5.41) is 0. The zero-order chi connectivity index (χ0) is 17.0. The number of carbonyl (C=O) groups excluding carboxylic acids is 1. The Morgan fingerprint density at radius 3 is 2.61 bits per heavy atom. The first-order valence-corrected chi connectivity index (χ1v) is 7.61. The lowest BCUT2D eigenvalue weighted by atomic mass is 9.92. The van der Waals surface area contributed by atoms with E-state index in [2.05, 4.69) is 0 Å². The van der Waals surface area contributed by atoms with Gasteiger partial charge in [0.05, 0.1) is 5.56 Å². The van der Waals surface area contributed by atoms with Gasteiger partial charge in [-0.1, -0.05) is 0 Å². The quantitative estimate of drug-likeness (QED) is 0.923. The predicted octanol–water partition coefficient (Wildman–Crippen LogP) is 2.67. The van der Waals surface area contributed by atoms with E-state index >= 15 is 0 Å². The molecule has 1 aromatic carbocycles. The fraction of sp³-hybridized carbons (Fsp3) is 0.562. The highest BCUT2D eigenvalue weighted by Gasteiger charge is 2.30. The minimum absolute atomic E-state index is 0.0291. The maximum absolute atomic E-state index is 12.5. The van der Waals surface area contributed by atoms with Crippen LogP contribution in [0.4, 0.5) is 13.2 Å². The Morgan fingerprint density at radius 1 is 1.39 bits per heavy atom. The summed E-state index contributed by atoms with van der Waals surface area (Å²) in [6.45, 7) is 3.01. The summed E-state index contributed by atoms with van der Waals surface area (Å²) in [6.07, 6.45) is -2.48.